The molecule has 1 saturated carbocycles. The number of carbonyl (C=O) groups is 1. The zero-order valence-electron chi connectivity index (χ0n) is 8.12. The smallest absolute Gasteiger partial charge is 0.303 e. The number of hydrogen-bond donors (Lipinski definition) is 1. The first-order chi connectivity index (χ1) is 6.60. The van der Waals surface area contributed by atoms with Crippen molar-refractivity contribution in [2.45, 2.75) is 38.0 Å². The summed E-state index contributed by atoms with van der Waals surface area (Å²) in [5.74, 6) is 0.621. The Morgan fingerprint density at radius 3 is 3.00 bits per heavy atom. The number of aryl methyl sites for hydroxylation is 1. The normalized spacial score (nSPS) is 18.1. The standard InChI is InChI=1S/C10H13NO3/c1-10(4-5-10)7-6-11-8(14-7)2-3-9(12)13/h6H,2-5H2,1H3,(H,12,13). The fourth-order valence-corrected chi connectivity index (χ4v) is 1.35. The Labute approximate surface area is 81.9 Å². The van der Waals surface area contributed by atoms with Crippen molar-refractivity contribution < 1.29 is 14.3 Å². The van der Waals surface area contributed by atoms with Crippen LogP contribution in [0.5, 0.6) is 0 Å². The van der Waals surface area contributed by atoms with Crippen LogP contribution in [0.3, 0.4) is 0 Å². The molecule has 1 N–H and O–H groups in total. The van der Waals surface area contributed by atoms with Gasteiger partial charge in [-0.2, -0.15) is 0 Å². The monoisotopic (exact) mass is 195 g/mol. The zero-order chi connectivity index (χ0) is 10.2. The number of nitrogens with zero attached hydrogens (tertiary/aromatic N) is 1. The summed E-state index contributed by atoms with van der Waals surface area (Å²) in [6.45, 7) is 2.13. The number of aliphatic carboxylic acids is 1. The number of hydrogen-bond acceptors (Lipinski definition) is 3. The van der Waals surface area contributed by atoms with Gasteiger partial charge in [-0.25, -0.2) is 4.98 Å². The van der Waals surface area contributed by atoms with Gasteiger partial charge < -0.3 is 9.52 Å². The average molecular weight is 195 g/mol. The van der Waals surface area contributed by atoms with Crippen molar-refractivity contribution >= 4 is 5.97 Å². The maximum Gasteiger partial charge on any atom is 0.303 e. The zero-order valence-corrected chi connectivity index (χ0v) is 8.12. The molecule has 1 aliphatic rings. The van der Waals surface area contributed by atoms with E-state index in [-0.39, 0.29) is 11.8 Å². The minimum atomic E-state index is -0.817. The molecule has 0 aliphatic heterocycles. The molecule has 0 spiro atoms. The van der Waals surface area contributed by atoms with E-state index in [0.29, 0.717) is 12.3 Å². The maximum absolute atomic E-state index is 10.3. The van der Waals surface area contributed by atoms with Crippen molar-refractivity contribution in [1.29, 1.82) is 0 Å². The van der Waals surface area contributed by atoms with Crippen LogP contribution in [0.1, 0.15) is 37.8 Å². The summed E-state index contributed by atoms with van der Waals surface area (Å²) < 4.78 is 5.49. The third-order valence-corrected chi connectivity index (χ3v) is 2.70. The summed E-state index contributed by atoms with van der Waals surface area (Å²) in [5, 5.41) is 8.48. The van der Waals surface area contributed by atoms with Gasteiger partial charge in [0.25, 0.3) is 0 Å². The molecule has 0 atom stereocenters. The van der Waals surface area contributed by atoms with Crippen molar-refractivity contribution in [1.82, 2.24) is 4.98 Å². The number of oxazole rings is 1. The fraction of sp³-hybridized carbons (Fsp3) is 0.600. The third kappa shape index (κ3) is 1.78. The van der Waals surface area contributed by atoms with Crippen LogP contribution in [0.4, 0.5) is 0 Å². The molecule has 76 valence electrons. The topological polar surface area (TPSA) is 63.3 Å². The second-order valence-electron chi connectivity index (χ2n) is 4.07. The van der Waals surface area contributed by atoms with E-state index >= 15 is 0 Å². The van der Waals surface area contributed by atoms with Crippen LogP contribution in [0.2, 0.25) is 0 Å². The molecule has 0 unspecified atom stereocenters. The molecule has 4 nitrogen and oxygen atoms in total. The fourth-order valence-electron chi connectivity index (χ4n) is 1.35. The highest BCUT2D eigenvalue weighted by atomic mass is 16.4. The average Bonchev–Trinajstić information content (AvgIpc) is 2.70. The highest BCUT2D eigenvalue weighted by Gasteiger charge is 2.42. The largest absolute Gasteiger partial charge is 0.481 e. The van der Waals surface area contributed by atoms with Gasteiger partial charge in [0.1, 0.15) is 5.76 Å². The van der Waals surface area contributed by atoms with Gasteiger partial charge in [0, 0.05) is 11.8 Å². The molecule has 0 bridgehead atoms. The lowest BCUT2D eigenvalue weighted by Crippen LogP contribution is -1.98. The number of carboxylic acid groups (broad SMARTS) is 1. The summed E-state index contributed by atoms with van der Waals surface area (Å²) in [6, 6.07) is 0. The Kier molecular flexibility index (Phi) is 2.06. The van der Waals surface area contributed by atoms with E-state index in [9.17, 15) is 4.79 Å². The van der Waals surface area contributed by atoms with Crippen molar-refractivity contribution in [3.63, 3.8) is 0 Å². The molecular formula is C10H13NO3. The minimum absolute atomic E-state index is 0.0800. The Morgan fingerprint density at radius 1 is 1.71 bits per heavy atom. The van der Waals surface area contributed by atoms with Crippen LogP contribution in [0.15, 0.2) is 10.6 Å². The molecule has 1 aromatic rings. The van der Waals surface area contributed by atoms with Crippen molar-refractivity contribution in [3.8, 4) is 0 Å². The van der Waals surface area contributed by atoms with E-state index in [0.717, 1.165) is 18.6 Å². The van der Waals surface area contributed by atoms with Crippen LogP contribution >= 0.6 is 0 Å². The molecule has 14 heavy (non-hydrogen) atoms. The van der Waals surface area contributed by atoms with Crippen LogP contribution in [0.25, 0.3) is 0 Å². The first-order valence-electron chi connectivity index (χ1n) is 4.77. The first-order valence-corrected chi connectivity index (χ1v) is 4.77. The van der Waals surface area contributed by atoms with Gasteiger partial charge in [0.15, 0.2) is 5.89 Å². The Hall–Kier alpha value is -1.32. The first kappa shape index (κ1) is 9.24. The van der Waals surface area contributed by atoms with E-state index < -0.39 is 5.97 Å². The van der Waals surface area contributed by atoms with E-state index in [1.54, 1.807) is 6.20 Å². The minimum Gasteiger partial charge on any atom is -0.481 e. The Balaban J connectivity index is 1.99. The van der Waals surface area contributed by atoms with Crippen molar-refractivity contribution in [3.05, 3.63) is 17.8 Å². The quantitative estimate of drug-likeness (QED) is 0.794. The van der Waals surface area contributed by atoms with Crippen LogP contribution in [0, 0.1) is 0 Å². The number of rotatable bonds is 4. The molecule has 1 aromatic heterocycles. The predicted octanol–water partition coefficient (Wildman–Crippen LogP) is 1.74. The van der Waals surface area contributed by atoms with Gasteiger partial charge in [0.05, 0.1) is 12.6 Å². The van der Waals surface area contributed by atoms with Crippen molar-refractivity contribution in [2.24, 2.45) is 0 Å². The van der Waals surface area contributed by atoms with E-state index in [1.165, 1.54) is 0 Å². The molecule has 0 radical (unpaired) electrons. The number of aromatic nitrogens is 1. The molecule has 1 aliphatic carbocycles. The molecule has 0 amide bonds. The van der Waals surface area contributed by atoms with Gasteiger partial charge in [-0.1, -0.05) is 6.92 Å². The second kappa shape index (κ2) is 3.12. The third-order valence-electron chi connectivity index (χ3n) is 2.70. The van der Waals surface area contributed by atoms with E-state index in [2.05, 4.69) is 11.9 Å². The summed E-state index contributed by atoms with van der Waals surface area (Å²) in [5.41, 5.74) is 0.175. The lowest BCUT2D eigenvalue weighted by molar-refractivity contribution is -0.137. The molecule has 2 rings (SSSR count). The van der Waals surface area contributed by atoms with Crippen LogP contribution in [-0.2, 0) is 16.6 Å². The molecule has 4 heteroatoms. The lowest BCUT2D eigenvalue weighted by Gasteiger charge is -2.00. The number of carboxylic acids is 1. The summed E-state index contributed by atoms with van der Waals surface area (Å²) in [4.78, 5) is 14.4. The molecule has 1 fully saturated rings. The molecular weight excluding hydrogens is 182 g/mol. The van der Waals surface area contributed by atoms with Crippen LogP contribution in [-0.4, -0.2) is 16.1 Å². The van der Waals surface area contributed by atoms with Gasteiger partial charge in [-0.3, -0.25) is 4.79 Å². The van der Waals surface area contributed by atoms with Gasteiger partial charge in [0.2, 0.25) is 0 Å². The Morgan fingerprint density at radius 2 is 2.43 bits per heavy atom. The second-order valence-corrected chi connectivity index (χ2v) is 4.07. The van der Waals surface area contributed by atoms with Gasteiger partial charge in [-0.15, -0.1) is 0 Å². The molecule has 1 heterocycles. The Bertz CT molecular complexity index is 352. The maximum atomic E-state index is 10.3. The highest BCUT2D eigenvalue weighted by Crippen LogP contribution is 2.47. The summed E-state index contributed by atoms with van der Waals surface area (Å²) in [6.07, 6.45) is 4.47. The van der Waals surface area contributed by atoms with E-state index in [1.807, 2.05) is 0 Å². The summed E-state index contributed by atoms with van der Waals surface area (Å²) >= 11 is 0. The highest BCUT2D eigenvalue weighted by molar-refractivity contribution is 5.66. The van der Waals surface area contributed by atoms with Crippen molar-refractivity contribution in [2.75, 3.05) is 0 Å². The van der Waals surface area contributed by atoms with Gasteiger partial charge >= 0.3 is 5.97 Å². The SMILES string of the molecule is CC1(c2cnc(CCC(=O)O)o2)CC1. The van der Waals surface area contributed by atoms with Gasteiger partial charge in [-0.05, 0) is 12.8 Å². The summed E-state index contributed by atoms with van der Waals surface area (Å²) in [7, 11) is 0. The predicted molar refractivity (Wildman–Crippen MR) is 49.0 cm³/mol. The molecule has 0 saturated heterocycles. The van der Waals surface area contributed by atoms with Crippen LogP contribution < -0.4 is 0 Å². The lowest BCUT2D eigenvalue weighted by atomic mass is 10.1. The molecule has 0 aromatic carbocycles. The van der Waals surface area contributed by atoms with E-state index in [4.69, 9.17) is 9.52 Å².